The van der Waals surface area contributed by atoms with Crippen LogP contribution in [0.25, 0.3) is 0 Å². The van der Waals surface area contributed by atoms with Crippen LogP contribution < -0.4 is 4.74 Å². The van der Waals surface area contributed by atoms with Crippen molar-refractivity contribution in [3.8, 4) is 11.5 Å². The van der Waals surface area contributed by atoms with Gasteiger partial charge in [0.2, 0.25) is 0 Å². The lowest BCUT2D eigenvalue weighted by Gasteiger charge is -2.15. The first kappa shape index (κ1) is 13.6. The Bertz CT molecular complexity index is 425. The SMILES string of the molecule is CCOC(=O)c1c(C)c(Cl)c(OC)c(C)c1O. The van der Waals surface area contributed by atoms with Gasteiger partial charge >= 0.3 is 5.97 Å². The minimum Gasteiger partial charge on any atom is -0.507 e. The molecule has 0 saturated heterocycles. The summed E-state index contributed by atoms with van der Waals surface area (Å²) >= 11 is 6.08. The van der Waals surface area contributed by atoms with Gasteiger partial charge in [0, 0.05) is 5.56 Å². The van der Waals surface area contributed by atoms with Gasteiger partial charge < -0.3 is 14.6 Å². The van der Waals surface area contributed by atoms with E-state index >= 15 is 0 Å². The monoisotopic (exact) mass is 258 g/mol. The largest absolute Gasteiger partial charge is 0.507 e. The summed E-state index contributed by atoms with van der Waals surface area (Å²) in [6.07, 6.45) is 0. The fourth-order valence-corrected chi connectivity index (χ4v) is 1.93. The summed E-state index contributed by atoms with van der Waals surface area (Å²) in [6.45, 7) is 5.20. The molecule has 0 amide bonds. The first-order chi connectivity index (χ1) is 7.95. The molecule has 0 heterocycles. The van der Waals surface area contributed by atoms with Gasteiger partial charge in [-0.1, -0.05) is 11.6 Å². The second-order valence-corrected chi connectivity index (χ2v) is 3.92. The molecule has 1 N–H and O–H groups in total. The smallest absolute Gasteiger partial charge is 0.342 e. The Morgan fingerprint density at radius 2 is 1.94 bits per heavy atom. The Kier molecular flexibility index (Phi) is 4.23. The molecule has 94 valence electrons. The number of halogens is 1. The highest BCUT2D eigenvalue weighted by molar-refractivity contribution is 6.33. The van der Waals surface area contributed by atoms with Crippen molar-refractivity contribution < 1.29 is 19.4 Å². The van der Waals surface area contributed by atoms with Crippen LogP contribution in [0.3, 0.4) is 0 Å². The lowest BCUT2D eigenvalue weighted by molar-refractivity contribution is 0.0522. The summed E-state index contributed by atoms with van der Waals surface area (Å²) in [5, 5.41) is 10.3. The summed E-state index contributed by atoms with van der Waals surface area (Å²) < 4.78 is 9.96. The van der Waals surface area contributed by atoms with E-state index in [1.165, 1.54) is 7.11 Å². The number of carbonyl (C=O) groups is 1. The number of methoxy groups -OCH3 is 1. The first-order valence-corrected chi connectivity index (χ1v) is 5.56. The third-order valence-corrected chi connectivity index (χ3v) is 2.97. The number of rotatable bonds is 3. The van der Waals surface area contributed by atoms with Crippen LogP contribution in [0.4, 0.5) is 0 Å². The maximum absolute atomic E-state index is 11.7. The molecule has 1 aromatic carbocycles. The van der Waals surface area contributed by atoms with Gasteiger partial charge in [0.05, 0.1) is 18.7 Å². The lowest BCUT2D eigenvalue weighted by Crippen LogP contribution is -2.09. The zero-order chi connectivity index (χ0) is 13.2. The fraction of sp³-hybridized carbons (Fsp3) is 0.417. The Hall–Kier alpha value is -1.42. The van der Waals surface area contributed by atoms with E-state index in [2.05, 4.69) is 0 Å². The molecule has 1 rings (SSSR count). The average molecular weight is 259 g/mol. The van der Waals surface area contributed by atoms with Crippen molar-refractivity contribution in [1.82, 2.24) is 0 Å². The molecule has 0 radical (unpaired) electrons. The van der Waals surface area contributed by atoms with Crippen molar-refractivity contribution >= 4 is 17.6 Å². The van der Waals surface area contributed by atoms with Crippen molar-refractivity contribution in [3.63, 3.8) is 0 Å². The van der Waals surface area contributed by atoms with Crippen LogP contribution in [0.2, 0.25) is 5.02 Å². The van der Waals surface area contributed by atoms with E-state index in [1.54, 1.807) is 20.8 Å². The van der Waals surface area contributed by atoms with Gasteiger partial charge in [0.1, 0.15) is 17.1 Å². The van der Waals surface area contributed by atoms with Crippen molar-refractivity contribution in [3.05, 3.63) is 21.7 Å². The van der Waals surface area contributed by atoms with Crippen LogP contribution in [0, 0.1) is 13.8 Å². The molecule has 5 heteroatoms. The van der Waals surface area contributed by atoms with E-state index in [0.29, 0.717) is 21.9 Å². The van der Waals surface area contributed by atoms with E-state index in [9.17, 15) is 9.90 Å². The number of hydrogen-bond donors (Lipinski definition) is 1. The van der Waals surface area contributed by atoms with E-state index in [0.717, 1.165) is 0 Å². The molecular weight excluding hydrogens is 244 g/mol. The first-order valence-electron chi connectivity index (χ1n) is 5.18. The molecule has 0 spiro atoms. The standard InChI is InChI=1S/C12H15ClO4/c1-5-17-12(15)8-6(2)9(13)11(16-4)7(3)10(8)14/h14H,5H2,1-4H3. The van der Waals surface area contributed by atoms with E-state index in [-0.39, 0.29) is 17.9 Å². The molecule has 0 atom stereocenters. The third kappa shape index (κ3) is 2.31. The van der Waals surface area contributed by atoms with Crippen LogP contribution >= 0.6 is 11.6 Å². The minimum absolute atomic E-state index is 0.0927. The summed E-state index contributed by atoms with van der Waals surface area (Å²) in [4.78, 5) is 11.7. The van der Waals surface area contributed by atoms with Crippen LogP contribution in [-0.2, 0) is 4.74 Å². The molecule has 0 aromatic heterocycles. The second kappa shape index (κ2) is 5.27. The highest BCUT2D eigenvalue weighted by atomic mass is 35.5. The number of hydrogen-bond acceptors (Lipinski definition) is 4. The summed E-state index contributed by atoms with van der Waals surface area (Å²) in [6, 6.07) is 0. The van der Waals surface area contributed by atoms with Gasteiger partial charge in [0.15, 0.2) is 0 Å². The molecule has 4 nitrogen and oxygen atoms in total. The quantitative estimate of drug-likeness (QED) is 0.847. The number of phenolic OH excluding ortho intramolecular Hbond substituents is 1. The lowest BCUT2D eigenvalue weighted by atomic mass is 10.0. The topological polar surface area (TPSA) is 55.8 Å². The maximum atomic E-state index is 11.7. The number of phenols is 1. The molecule has 0 saturated carbocycles. The van der Waals surface area contributed by atoms with Gasteiger partial charge in [-0.25, -0.2) is 4.79 Å². The maximum Gasteiger partial charge on any atom is 0.342 e. The molecule has 1 aromatic rings. The summed E-state index contributed by atoms with van der Waals surface area (Å²) in [5.41, 5.74) is 0.964. The highest BCUT2D eigenvalue weighted by Gasteiger charge is 2.24. The predicted molar refractivity (Wildman–Crippen MR) is 65.1 cm³/mol. The number of aromatic hydroxyl groups is 1. The Balaban J connectivity index is 3.48. The van der Waals surface area contributed by atoms with E-state index < -0.39 is 5.97 Å². The predicted octanol–water partition coefficient (Wildman–Crippen LogP) is 2.85. The zero-order valence-electron chi connectivity index (χ0n) is 10.3. The molecule has 0 aliphatic rings. The van der Waals surface area contributed by atoms with Gasteiger partial charge in [-0.15, -0.1) is 0 Å². The number of benzene rings is 1. The molecule has 0 fully saturated rings. The number of esters is 1. The third-order valence-electron chi connectivity index (χ3n) is 2.52. The summed E-state index contributed by atoms with van der Waals surface area (Å²) in [7, 11) is 1.46. The van der Waals surface area contributed by atoms with Crippen molar-refractivity contribution in [2.24, 2.45) is 0 Å². The fourth-order valence-electron chi connectivity index (χ4n) is 1.61. The Morgan fingerprint density at radius 3 is 2.41 bits per heavy atom. The van der Waals surface area contributed by atoms with E-state index in [1.807, 2.05) is 0 Å². The van der Waals surface area contributed by atoms with Crippen LogP contribution in [0.15, 0.2) is 0 Å². The van der Waals surface area contributed by atoms with Crippen molar-refractivity contribution in [2.75, 3.05) is 13.7 Å². The van der Waals surface area contributed by atoms with Gasteiger partial charge in [-0.2, -0.15) is 0 Å². The summed E-state index contributed by atoms with van der Waals surface area (Å²) in [5.74, 6) is -0.368. The van der Waals surface area contributed by atoms with E-state index in [4.69, 9.17) is 21.1 Å². The molecule has 0 unspecified atom stereocenters. The van der Waals surface area contributed by atoms with Crippen LogP contribution in [0.5, 0.6) is 11.5 Å². The molecule has 0 aliphatic heterocycles. The molecular formula is C12H15ClO4. The zero-order valence-corrected chi connectivity index (χ0v) is 11.0. The second-order valence-electron chi connectivity index (χ2n) is 3.54. The highest BCUT2D eigenvalue weighted by Crippen LogP contribution is 2.40. The Labute approximate surface area is 105 Å². The average Bonchev–Trinajstić information content (AvgIpc) is 2.28. The van der Waals surface area contributed by atoms with Gasteiger partial charge in [-0.3, -0.25) is 0 Å². The molecule has 17 heavy (non-hydrogen) atoms. The van der Waals surface area contributed by atoms with Crippen molar-refractivity contribution in [1.29, 1.82) is 0 Å². The van der Waals surface area contributed by atoms with Gasteiger partial charge in [-0.05, 0) is 26.3 Å². The number of ether oxygens (including phenoxy) is 2. The Morgan fingerprint density at radius 1 is 1.35 bits per heavy atom. The number of carbonyl (C=O) groups excluding carboxylic acids is 1. The molecule has 0 aliphatic carbocycles. The minimum atomic E-state index is -0.588. The van der Waals surface area contributed by atoms with Gasteiger partial charge in [0.25, 0.3) is 0 Å². The molecule has 0 bridgehead atoms. The van der Waals surface area contributed by atoms with Crippen LogP contribution in [-0.4, -0.2) is 24.8 Å². The van der Waals surface area contributed by atoms with Crippen LogP contribution in [0.1, 0.15) is 28.4 Å². The normalized spacial score (nSPS) is 10.2. The van der Waals surface area contributed by atoms with Crippen molar-refractivity contribution in [2.45, 2.75) is 20.8 Å².